The van der Waals surface area contributed by atoms with E-state index in [1.54, 1.807) is 11.7 Å². The fourth-order valence-corrected chi connectivity index (χ4v) is 4.53. The fraction of sp³-hybridized carbons (Fsp3) is 0.440. The lowest BCUT2D eigenvalue weighted by Gasteiger charge is -2.31. The van der Waals surface area contributed by atoms with Gasteiger partial charge in [0.2, 0.25) is 0 Å². The van der Waals surface area contributed by atoms with Gasteiger partial charge in [0, 0.05) is 24.3 Å². The maximum atomic E-state index is 13.3. The summed E-state index contributed by atoms with van der Waals surface area (Å²) in [5, 5.41) is 21.4. The molecule has 2 heterocycles. The molecule has 0 saturated carbocycles. The molecule has 1 aliphatic heterocycles. The predicted octanol–water partition coefficient (Wildman–Crippen LogP) is 3.70. The van der Waals surface area contributed by atoms with Crippen LogP contribution in [0.1, 0.15) is 37.3 Å². The zero-order valence-electron chi connectivity index (χ0n) is 19.7. The number of aryl methyl sites for hydroxylation is 3. The third-order valence-corrected chi connectivity index (χ3v) is 6.42. The van der Waals surface area contributed by atoms with E-state index in [1.807, 2.05) is 30.3 Å². The topological polar surface area (TPSA) is 96.8 Å². The highest BCUT2D eigenvalue weighted by atomic mass is 19.1. The van der Waals surface area contributed by atoms with Crippen LogP contribution >= 0.6 is 0 Å². The second-order valence-corrected chi connectivity index (χ2v) is 8.87. The molecular weight excluding hydrogens is 433 g/mol. The number of anilines is 1. The number of carbonyl (C=O) groups is 1. The molecular formula is C25H32FN7O. The SMILES string of the molecule is CCc1cc(NC(=O)NC(CCc2ccc(F)cc2)C2CCCNC2)cc(-c2nnnn2C)c1. The van der Waals surface area contributed by atoms with E-state index >= 15 is 0 Å². The van der Waals surface area contributed by atoms with Crippen molar-refractivity contribution in [2.24, 2.45) is 13.0 Å². The Morgan fingerprint density at radius 3 is 2.74 bits per heavy atom. The minimum atomic E-state index is -0.236. The van der Waals surface area contributed by atoms with E-state index in [-0.39, 0.29) is 17.9 Å². The summed E-state index contributed by atoms with van der Waals surface area (Å²) in [4.78, 5) is 13.0. The van der Waals surface area contributed by atoms with Crippen LogP contribution in [0.2, 0.25) is 0 Å². The summed E-state index contributed by atoms with van der Waals surface area (Å²) in [6.45, 7) is 3.96. The van der Waals surface area contributed by atoms with Crippen LogP contribution in [-0.2, 0) is 19.9 Å². The van der Waals surface area contributed by atoms with Crippen molar-refractivity contribution in [3.05, 3.63) is 59.4 Å². The summed E-state index contributed by atoms with van der Waals surface area (Å²) >= 11 is 0. The maximum Gasteiger partial charge on any atom is 0.319 e. The van der Waals surface area contributed by atoms with Crippen LogP contribution in [-0.4, -0.2) is 45.4 Å². The van der Waals surface area contributed by atoms with Crippen molar-refractivity contribution in [1.82, 2.24) is 30.8 Å². The van der Waals surface area contributed by atoms with Gasteiger partial charge in [-0.3, -0.25) is 0 Å². The first-order valence-electron chi connectivity index (χ1n) is 11.9. The van der Waals surface area contributed by atoms with Gasteiger partial charge < -0.3 is 16.0 Å². The van der Waals surface area contributed by atoms with Gasteiger partial charge >= 0.3 is 6.03 Å². The number of rotatable bonds is 8. The standard InChI is InChI=1S/C25H32FN7O/c1-3-17-13-20(24-30-31-32-33(24)2)15-22(14-17)28-25(34)29-23(19-5-4-12-27-16-19)11-8-18-6-9-21(26)10-7-18/h6-7,9-10,13-15,19,23,27H,3-5,8,11-12,16H2,1-2H3,(H2,28,29,34). The number of carbonyl (C=O) groups excluding carboxylic acids is 1. The Kier molecular flexibility index (Phi) is 7.84. The fourth-order valence-electron chi connectivity index (χ4n) is 4.53. The third kappa shape index (κ3) is 6.17. The number of hydrogen-bond acceptors (Lipinski definition) is 5. The molecule has 0 radical (unpaired) electrons. The summed E-state index contributed by atoms with van der Waals surface area (Å²) in [6, 6.07) is 12.3. The van der Waals surface area contributed by atoms with Gasteiger partial charge in [-0.25, -0.2) is 13.9 Å². The van der Waals surface area contributed by atoms with E-state index in [2.05, 4.69) is 38.4 Å². The van der Waals surface area contributed by atoms with Crippen molar-refractivity contribution in [1.29, 1.82) is 0 Å². The quantitative estimate of drug-likeness (QED) is 0.471. The first kappa shape index (κ1) is 23.8. The lowest BCUT2D eigenvalue weighted by molar-refractivity contribution is 0.232. The lowest BCUT2D eigenvalue weighted by atomic mass is 9.88. The smallest absolute Gasteiger partial charge is 0.319 e. The van der Waals surface area contributed by atoms with Gasteiger partial charge in [-0.2, -0.15) is 0 Å². The number of piperidine rings is 1. The average molecular weight is 466 g/mol. The van der Waals surface area contributed by atoms with Crippen LogP contribution < -0.4 is 16.0 Å². The number of benzene rings is 2. The lowest BCUT2D eigenvalue weighted by Crippen LogP contribution is -2.47. The summed E-state index contributed by atoms with van der Waals surface area (Å²) < 4.78 is 14.9. The number of nitrogens with zero attached hydrogens (tertiary/aromatic N) is 4. The molecule has 2 atom stereocenters. The zero-order valence-corrected chi connectivity index (χ0v) is 19.7. The van der Waals surface area contributed by atoms with Crippen molar-refractivity contribution in [2.75, 3.05) is 18.4 Å². The van der Waals surface area contributed by atoms with Gasteiger partial charge in [-0.15, -0.1) is 5.10 Å². The van der Waals surface area contributed by atoms with Crippen LogP contribution in [0, 0.1) is 11.7 Å². The van der Waals surface area contributed by atoms with E-state index in [4.69, 9.17) is 0 Å². The molecule has 1 aromatic heterocycles. The molecule has 4 rings (SSSR count). The highest BCUT2D eigenvalue weighted by molar-refractivity contribution is 5.90. The number of hydrogen-bond donors (Lipinski definition) is 3. The van der Waals surface area contributed by atoms with Crippen LogP contribution in [0.3, 0.4) is 0 Å². The third-order valence-electron chi connectivity index (χ3n) is 6.42. The number of nitrogens with one attached hydrogen (secondary N) is 3. The first-order valence-corrected chi connectivity index (χ1v) is 11.9. The molecule has 0 aliphatic carbocycles. The summed E-state index contributed by atoms with van der Waals surface area (Å²) in [7, 11) is 1.79. The molecule has 2 unspecified atom stereocenters. The van der Waals surface area contributed by atoms with Crippen LogP contribution in [0.4, 0.5) is 14.9 Å². The monoisotopic (exact) mass is 465 g/mol. The van der Waals surface area contributed by atoms with Crippen molar-refractivity contribution < 1.29 is 9.18 Å². The Labute approximate surface area is 199 Å². The van der Waals surface area contributed by atoms with Crippen LogP contribution in [0.25, 0.3) is 11.4 Å². The molecule has 2 aromatic carbocycles. The van der Waals surface area contributed by atoms with Gasteiger partial charge in [0.15, 0.2) is 5.82 Å². The Bertz CT molecular complexity index is 1090. The van der Waals surface area contributed by atoms with Crippen molar-refractivity contribution >= 4 is 11.7 Å². The summed E-state index contributed by atoms with van der Waals surface area (Å²) in [5.74, 6) is 0.756. The van der Waals surface area contributed by atoms with Gasteiger partial charge in [0.1, 0.15) is 5.82 Å². The van der Waals surface area contributed by atoms with Gasteiger partial charge in [0.05, 0.1) is 0 Å². The van der Waals surface area contributed by atoms with E-state index in [9.17, 15) is 9.18 Å². The molecule has 2 amide bonds. The number of aromatic nitrogens is 4. The Morgan fingerprint density at radius 1 is 1.24 bits per heavy atom. The maximum absolute atomic E-state index is 13.3. The van der Waals surface area contributed by atoms with E-state index in [1.165, 1.54) is 12.1 Å². The molecule has 9 heteroatoms. The van der Waals surface area contributed by atoms with Crippen molar-refractivity contribution in [3.8, 4) is 11.4 Å². The number of tetrazole rings is 1. The van der Waals surface area contributed by atoms with Crippen molar-refractivity contribution in [2.45, 2.75) is 45.1 Å². The highest BCUT2D eigenvalue weighted by Crippen LogP contribution is 2.24. The minimum Gasteiger partial charge on any atom is -0.335 e. The first-order chi connectivity index (χ1) is 16.5. The Balaban J connectivity index is 1.46. The second kappa shape index (κ2) is 11.2. The number of amides is 2. The van der Waals surface area contributed by atoms with E-state index in [0.29, 0.717) is 17.4 Å². The van der Waals surface area contributed by atoms with Crippen molar-refractivity contribution in [3.63, 3.8) is 0 Å². The average Bonchev–Trinajstić information content (AvgIpc) is 3.29. The predicted molar refractivity (Wildman–Crippen MR) is 130 cm³/mol. The second-order valence-electron chi connectivity index (χ2n) is 8.87. The zero-order chi connectivity index (χ0) is 23.9. The van der Waals surface area contributed by atoms with Gasteiger partial charge in [-0.05, 0) is 103 Å². The highest BCUT2D eigenvalue weighted by Gasteiger charge is 2.25. The van der Waals surface area contributed by atoms with Gasteiger partial charge in [-0.1, -0.05) is 19.1 Å². The van der Waals surface area contributed by atoms with Crippen LogP contribution in [0.5, 0.6) is 0 Å². The van der Waals surface area contributed by atoms with E-state index < -0.39 is 0 Å². The Morgan fingerprint density at radius 2 is 2.06 bits per heavy atom. The molecule has 1 fully saturated rings. The van der Waals surface area contributed by atoms with Crippen LogP contribution in [0.15, 0.2) is 42.5 Å². The molecule has 34 heavy (non-hydrogen) atoms. The molecule has 180 valence electrons. The molecule has 1 saturated heterocycles. The summed E-state index contributed by atoms with van der Waals surface area (Å²) in [5.41, 5.74) is 3.70. The van der Waals surface area contributed by atoms with E-state index in [0.717, 1.165) is 61.9 Å². The minimum absolute atomic E-state index is 0.00891. The molecule has 0 bridgehead atoms. The molecule has 0 spiro atoms. The largest absolute Gasteiger partial charge is 0.335 e. The molecule has 3 aromatic rings. The summed E-state index contributed by atoms with van der Waals surface area (Å²) in [6.07, 6.45) is 4.54. The number of halogens is 1. The van der Waals surface area contributed by atoms with Gasteiger partial charge in [0.25, 0.3) is 0 Å². The molecule has 3 N–H and O–H groups in total. The normalized spacial score (nSPS) is 16.7. The molecule has 1 aliphatic rings. The number of urea groups is 1. The molecule has 8 nitrogen and oxygen atoms in total. The Hall–Kier alpha value is -3.33.